The van der Waals surface area contributed by atoms with Crippen LogP contribution in [0.2, 0.25) is 0 Å². The number of hydrogen-bond acceptors (Lipinski definition) is 12. The van der Waals surface area contributed by atoms with Gasteiger partial charge in [-0.2, -0.15) is 8.62 Å². The minimum Gasteiger partial charge on any atom is -0.398 e. The number of carbonyl (C=O) groups is 1. The number of pyridine rings is 1. The molecular formula is C19H28N5O13P3. The number of nitrogens with two attached hydrogens (primary N) is 2. The number of carbonyl (C=O) groups excluding carboxylic acids is 1. The van der Waals surface area contributed by atoms with Crippen LogP contribution in [-0.4, -0.2) is 72.0 Å². The molecule has 3 heterocycles. The first-order chi connectivity index (χ1) is 18.6. The number of amides is 1. The second-order valence-electron chi connectivity index (χ2n) is 8.34. The Bertz CT molecular complexity index is 1430. The lowest BCUT2D eigenvalue weighted by Gasteiger charge is -2.19. The fraction of sp³-hybridized carbons (Fsp3) is 0.474. The maximum Gasteiger partial charge on any atom is 0.490 e. The van der Waals surface area contributed by atoms with Crippen molar-refractivity contribution in [1.82, 2.24) is 14.9 Å². The largest absolute Gasteiger partial charge is 0.490 e. The lowest BCUT2D eigenvalue weighted by molar-refractivity contribution is -0.120. The quantitative estimate of drug-likeness (QED) is 0.112. The van der Waals surface area contributed by atoms with Gasteiger partial charge in [0.2, 0.25) is 5.91 Å². The molecule has 1 aliphatic heterocycles. The summed E-state index contributed by atoms with van der Waals surface area (Å²) in [5.74, 6) is 5.54. The summed E-state index contributed by atoms with van der Waals surface area (Å²) in [6, 6.07) is 1.56. The highest BCUT2D eigenvalue weighted by Gasteiger charge is 2.43. The normalized spacial score (nSPS) is 22.3. The lowest BCUT2D eigenvalue weighted by atomic mass is 10.2. The number of phosphoric ester groups is 1. The van der Waals surface area contributed by atoms with Crippen molar-refractivity contribution >= 4 is 46.1 Å². The zero-order chi connectivity index (χ0) is 29.7. The average molecular weight is 627 g/mol. The molecule has 5 atom stereocenters. The minimum absolute atomic E-state index is 0.0469. The third-order valence-corrected chi connectivity index (χ3v) is 9.09. The second-order valence-corrected chi connectivity index (χ2v) is 12.8. The van der Waals surface area contributed by atoms with E-state index in [1.165, 1.54) is 10.8 Å². The van der Waals surface area contributed by atoms with Crippen molar-refractivity contribution in [2.75, 3.05) is 25.4 Å². The zero-order valence-electron chi connectivity index (χ0n) is 20.6. The molecule has 1 amide bonds. The Labute approximate surface area is 227 Å². The smallest absolute Gasteiger partial charge is 0.398 e. The molecule has 0 aliphatic carbocycles. The van der Waals surface area contributed by atoms with Crippen molar-refractivity contribution in [1.29, 1.82) is 0 Å². The van der Waals surface area contributed by atoms with E-state index in [1.807, 2.05) is 0 Å². The van der Waals surface area contributed by atoms with Crippen LogP contribution in [0.4, 0.5) is 5.69 Å². The van der Waals surface area contributed by atoms with Crippen molar-refractivity contribution in [3.8, 4) is 11.8 Å². The Morgan fingerprint density at radius 2 is 1.95 bits per heavy atom. The van der Waals surface area contributed by atoms with E-state index in [9.17, 15) is 33.4 Å². The Morgan fingerprint density at radius 1 is 1.23 bits per heavy atom. The maximum absolute atomic E-state index is 12.0. The van der Waals surface area contributed by atoms with E-state index in [0.29, 0.717) is 35.2 Å². The number of nitrogens with one attached hydrogen (secondary N) is 1. The third kappa shape index (κ3) is 9.16. The van der Waals surface area contributed by atoms with Crippen molar-refractivity contribution in [3.63, 3.8) is 0 Å². The number of nitrogens with zero attached hydrogens (tertiary/aromatic N) is 2. The fourth-order valence-corrected chi connectivity index (χ4v) is 6.69. The summed E-state index contributed by atoms with van der Waals surface area (Å²) in [5, 5.41) is 13.6. The first kappa shape index (κ1) is 32.3. The summed E-state index contributed by atoms with van der Waals surface area (Å²) in [5.41, 5.74) is 12.7. The van der Waals surface area contributed by atoms with Gasteiger partial charge >= 0.3 is 23.5 Å². The predicted octanol–water partition coefficient (Wildman–Crippen LogP) is -0.183. The lowest BCUT2D eigenvalue weighted by Crippen LogP contribution is -2.26. The number of aliphatic hydroxyl groups excluding tert-OH is 1. The fourth-order valence-electron chi connectivity index (χ4n) is 3.66. The molecule has 40 heavy (non-hydrogen) atoms. The van der Waals surface area contributed by atoms with Gasteiger partial charge < -0.3 is 50.8 Å². The van der Waals surface area contributed by atoms with Crippen LogP contribution in [0.5, 0.6) is 0 Å². The first-order valence-electron chi connectivity index (χ1n) is 11.4. The van der Waals surface area contributed by atoms with Crippen molar-refractivity contribution in [2.24, 2.45) is 5.73 Å². The molecule has 0 saturated carbocycles. The topological polar surface area (TPSA) is 288 Å². The molecular weight excluding hydrogens is 599 g/mol. The molecule has 3 rings (SSSR count). The van der Waals surface area contributed by atoms with Crippen LogP contribution >= 0.6 is 23.5 Å². The average Bonchev–Trinajstić information content (AvgIpc) is 3.37. The highest BCUT2D eigenvalue weighted by Crippen LogP contribution is 2.66. The van der Waals surface area contributed by atoms with Crippen LogP contribution in [0.3, 0.4) is 0 Å². The second kappa shape index (κ2) is 13.2. The van der Waals surface area contributed by atoms with Crippen LogP contribution in [0.25, 0.3) is 11.0 Å². The van der Waals surface area contributed by atoms with E-state index < -0.39 is 48.5 Å². The molecule has 0 bridgehead atoms. The van der Waals surface area contributed by atoms with E-state index in [2.05, 4.69) is 35.3 Å². The number of rotatable bonds is 12. The van der Waals surface area contributed by atoms with Gasteiger partial charge in [-0.15, -0.1) is 0 Å². The van der Waals surface area contributed by atoms with Gasteiger partial charge in [-0.05, 0) is 19.0 Å². The molecule has 21 heteroatoms. The number of hydrogen-bond donors (Lipinski definition) is 8. The first-order valence-corrected chi connectivity index (χ1v) is 16.0. The number of anilines is 1. The summed E-state index contributed by atoms with van der Waals surface area (Å²) < 4.78 is 53.4. The summed E-state index contributed by atoms with van der Waals surface area (Å²) in [7, 11) is -16.6. The van der Waals surface area contributed by atoms with Gasteiger partial charge in [0.15, 0.2) is 0 Å². The molecule has 3 unspecified atom stereocenters. The molecule has 1 saturated heterocycles. The molecule has 1 aliphatic rings. The Morgan fingerprint density at radius 3 is 2.62 bits per heavy atom. The summed E-state index contributed by atoms with van der Waals surface area (Å²) in [6.45, 7) is -0.369. The highest BCUT2D eigenvalue weighted by atomic mass is 31.3. The van der Waals surface area contributed by atoms with Crippen molar-refractivity contribution in [3.05, 3.63) is 24.0 Å². The minimum atomic E-state index is -5.69. The molecule has 2 aromatic rings. The molecule has 0 aromatic carbocycles. The monoisotopic (exact) mass is 627 g/mol. The number of phosphoric acid groups is 3. The maximum atomic E-state index is 12.0. The van der Waals surface area contributed by atoms with E-state index in [4.69, 9.17) is 26.0 Å². The van der Waals surface area contributed by atoms with Crippen molar-refractivity contribution in [2.45, 2.75) is 37.7 Å². The molecule has 222 valence electrons. The molecule has 2 aromatic heterocycles. The summed E-state index contributed by atoms with van der Waals surface area (Å²) in [6.07, 6.45) is 0.409. The van der Waals surface area contributed by atoms with E-state index in [1.54, 1.807) is 12.3 Å². The van der Waals surface area contributed by atoms with Gasteiger partial charge in [0.25, 0.3) is 0 Å². The van der Waals surface area contributed by atoms with Gasteiger partial charge in [0.05, 0.1) is 30.2 Å². The van der Waals surface area contributed by atoms with Crippen LogP contribution in [0, 0.1) is 11.8 Å². The molecule has 18 nitrogen and oxygen atoms in total. The molecule has 0 spiro atoms. The van der Waals surface area contributed by atoms with E-state index in [0.717, 1.165) is 0 Å². The zero-order valence-corrected chi connectivity index (χ0v) is 23.3. The molecule has 0 radical (unpaired) electrons. The predicted molar refractivity (Wildman–Crippen MR) is 137 cm³/mol. The van der Waals surface area contributed by atoms with Gasteiger partial charge in [0.1, 0.15) is 18.0 Å². The number of fused-ring (bicyclic) bond motifs is 1. The van der Waals surface area contributed by atoms with Crippen molar-refractivity contribution < 1.29 is 61.1 Å². The van der Waals surface area contributed by atoms with Gasteiger partial charge in [-0.25, -0.2) is 18.7 Å². The van der Waals surface area contributed by atoms with Gasteiger partial charge in [-0.1, -0.05) is 11.8 Å². The number of aromatic nitrogens is 2. The van der Waals surface area contributed by atoms with Gasteiger partial charge in [0, 0.05) is 30.9 Å². The standard InChI is InChI=1S/C19H28N5O13P3/c20-6-1-4-16(26)22-7-2-3-12-10-24(19-18(12)13(21)5-8-23-19)17-9-14(25)15(35-17)11-34-39(30,31)37-40(32,33)36-38(27,28)29/h5,8,10,14-15,17,25H,1,4,6-7,9,11,20H2,(H2,21,23)(H,22,26)(H,30,31)(H,32,33)(H2,27,28,29)/t14?,15-,17-/m1/s1. The van der Waals surface area contributed by atoms with Crippen LogP contribution < -0.4 is 16.8 Å². The van der Waals surface area contributed by atoms with E-state index in [-0.39, 0.29) is 25.3 Å². The highest BCUT2D eigenvalue weighted by molar-refractivity contribution is 7.66. The summed E-state index contributed by atoms with van der Waals surface area (Å²) in [4.78, 5) is 52.1. The van der Waals surface area contributed by atoms with Crippen LogP contribution in [-0.2, 0) is 36.4 Å². The van der Waals surface area contributed by atoms with Crippen LogP contribution in [0.15, 0.2) is 18.5 Å². The van der Waals surface area contributed by atoms with Gasteiger partial charge in [-0.3, -0.25) is 9.32 Å². The third-order valence-electron chi connectivity index (χ3n) is 5.28. The SMILES string of the molecule is NCCCC(=O)NCC#Cc1cn([C@H]2CC(O)[C@@H](COP(=O)(O)OP(=O)(O)OP(=O)(O)O)O2)c2nccc(N)c12. The van der Waals surface area contributed by atoms with E-state index >= 15 is 0 Å². The molecule has 10 N–H and O–H groups in total. The summed E-state index contributed by atoms with van der Waals surface area (Å²) >= 11 is 0. The Kier molecular flexibility index (Phi) is 10.7. The number of aliphatic hydroxyl groups is 1. The number of ether oxygens (including phenoxy) is 1. The number of nitrogen functional groups attached to an aromatic ring is 1. The Balaban J connectivity index is 1.71. The Hall–Kier alpha value is -2.19. The van der Waals surface area contributed by atoms with Crippen LogP contribution in [0.1, 0.15) is 31.1 Å². The molecule has 1 fully saturated rings.